The van der Waals surface area contributed by atoms with Crippen molar-refractivity contribution in [1.29, 1.82) is 0 Å². The number of aromatic nitrogens is 2. The van der Waals surface area contributed by atoms with Crippen LogP contribution in [-0.2, 0) is 9.53 Å². The molecule has 4 aromatic rings. The minimum absolute atomic E-state index is 0.201. The van der Waals surface area contributed by atoms with Crippen LogP contribution in [0.15, 0.2) is 77.3 Å². The van der Waals surface area contributed by atoms with E-state index in [0.29, 0.717) is 54.6 Å². The van der Waals surface area contributed by atoms with Crippen molar-refractivity contribution in [2.45, 2.75) is 6.92 Å². The molecule has 37 heavy (non-hydrogen) atoms. The van der Waals surface area contributed by atoms with Crippen molar-refractivity contribution in [3.05, 3.63) is 84.2 Å². The van der Waals surface area contributed by atoms with Gasteiger partial charge in [-0.25, -0.2) is 0 Å². The average molecular weight is 498 g/mol. The smallest absolute Gasteiger partial charge is 0.260 e. The number of nitrogens with one attached hydrogen (secondary N) is 2. The summed E-state index contributed by atoms with van der Waals surface area (Å²) in [5.41, 5.74) is 4.18. The fourth-order valence-corrected chi connectivity index (χ4v) is 4.11. The highest BCUT2D eigenvalue weighted by Crippen LogP contribution is 2.29. The minimum atomic E-state index is -0.301. The fourth-order valence-electron chi connectivity index (χ4n) is 4.11. The van der Waals surface area contributed by atoms with Gasteiger partial charge in [-0.1, -0.05) is 47.6 Å². The number of morpholine rings is 1. The summed E-state index contributed by atoms with van der Waals surface area (Å²) < 4.78 is 10.7. The Kier molecular flexibility index (Phi) is 7.34. The van der Waals surface area contributed by atoms with Gasteiger partial charge in [0.05, 0.1) is 31.0 Å². The molecule has 2 heterocycles. The number of carbonyl (C=O) groups excluding carboxylic acids is 2. The number of nitrogens with zero attached hydrogens (tertiary/aromatic N) is 3. The van der Waals surface area contributed by atoms with Gasteiger partial charge in [0, 0.05) is 24.3 Å². The summed E-state index contributed by atoms with van der Waals surface area (Å²) in [5, 5.41) is 9.69. The molecule has 1 aromatic heterocycles. The van der Waals surface area contributed by atoms with Gasteiger partial charge in [-0.2, -0.15) is 4.98 Å². The molecule has 2 N–H and O–H groups in total. The van der Waals surface area contributed by atoms with Gasteiger partial charge in [-0.05, 0) is 48.4 Å². The maximum absolute atomic E-state index is 13.1. The standard InChI is InChI=1S/C28H27N5O4/c1-19-29-28(37-32-19)24-12-9-22(17-25(24)31-26(34)18-33-13-15-36-16-14-33)27(35)30-23-10-7-21(8-11-23)20-5-3-2-4-6-20/h2-12,17H,13-16,18H2,1H3,(H,30,35)(H,31,34). The van der Waals surface area contributed by atoms with E-state index in [1.165, 1.54) is 0 Å². The van der Waals surface area contributed by atoms with Crippen molar-refractivity contribution in [3.8, 4) is 22.6 Å². The lowest BCUT2D eigenvalue weighted by atomic mass is 10.1. The maximum Gasteiger partial charge on any atom is 0.260 e. The minimum Gasteiger partial charge on any atom is -0.379 e. The Morgan fingerprint density at radius 3 is 2.35 bits per heavy atom. The number of hydrogen-bond acceptors (Lipinski definition) is 7. The molecule has 9 nitrogen and oxygen atoms in total. The Labute approximate surface area is 214 Å². The lowest BCUT2D eigenvalue weighted by Crippen LogP contribution is -2.41. The summed E-state index contributed by atoms with van der Waals surface area (Å²) in [4.78, 5) is 32.2. The second-order valence-electron chi connectivity index (χ2n) is 8.74. The molecule has 0 unspecified atom stereocenters. The van der Waals surface area contributed by atoms with Gasteiger partial charge in [0.25, 0.3) is 11.8 Å². The van der Waals surface area contributed by atoms with Crippen molar-refractivity contribution in [3.63, 3.8) is 0 Å². The van der Waals surface area contributed by atoms with Crippen LogP contribution >= 0.6 is 0 Å². The third-order valence-corrected chi connectivity index (χ3v) is 6.03. The summed E-state index contributed by atoms with van der Waals surface area (Å²) in [6, 6.07) is 22.7. The van der Waals surface area contributed by atoms with Crippen LogP contribution in [0.1, 0.15) is 16.2 Å². The van der Waals surface area contributed by atoms with E-state index in [9.17, 15) is 9.59 Å². The summed E-state index contributed by atoms with van der Waals surface area (Å²) in [6.07, 6.45) is 0. The first kappa shape index (κ1) is 24.4. The van der Waals surface area contributed by atoms with Gasteiger partial charge in [0.15, 0.2) is 5.82 Å². The zero-order valence-electron chi connectivity index (χ0n) is 20.4. The van der Waals surface area contributed by atoms with Crippen LogP contribution in [0.2, 0.25) is 0 Å². The molecule has 0 bridgehead atoms. The van der Waals surface area contributed by atoms with E-state index in [4.69, 9.17) is 9.26 Å². The van der Waals surface area contributed by atoms with Gasteiger partial charge >= 0.3 is 0 Å². The van der Waals surface area contributed by atoms with Gasteiger partial charge in [-0.3, -0.25) is 14.5 Å². The van der Waals surface area contributed by atoms with Crippen LogP contribution < -0.4 is 10.6 Å². The highest BCUT2D eigenvalue weighted by atomic mass is 16.5. The molecule has 1 fully saturated rings. The molecule has 9 heteroatoms. The Balaban J connectivity index is 1.34. The van der Waals surface area contributed by atoms with Crippen LogP contribution in [0.3, 0.4) is 0 Å². The highest BCUT2D eigenvalue weighted by Gasteiger charge is 2.19. The molecule has 0 saturated carbocycles. The third kappa shape index (κ3) is 6.08. The van der Waals surface area contributed by atoms with Crippen molar-refractivity contribution in [2.75, 3.05) is 43.5 Å². The topological polar surface area (TPSA) is 110 Å². The summed E-state index contributed by atoms with van der Waals surface area (Å²) in [7, 11) is 0. The van der Waals surface area contributed by atoms with E-state index in [1.54, 1.807) is 25.1 Å². The van der Waals surface area contributed by atoms with E-state index < -0.39 is 0 Å². The summed E-state index contributed by atoms with van der Waals surface area (Å²) >= 11 is 0. The molecule has 0 spiro atoms. The van der Waals surface area contributed by atoms with Crippen molar-refractivity contribution >= 4 is 23.2 Å². The number of aryl methyl sites for hydroxylation is 1. The molecular formula is C28H27N5O4. The average Bonchev–Trinajstić information content (AvgIpc) is 3.36. The SMILES string of the molecule is Cc1noc(-c2ccc(C(=O)Nc3ccc(-c4ccccc4)cc3)cc2NC(=O)CN2CCOCC2)n1. The first-order valence-corrected chi connectivity index (χ1v) is 12.1. The van der Waals surface area contributed by atoms with Gasteiger partial charge in [-0.15, -0.1) is 0 Å². The molecule has 1 aliphatic rings. The van der Waals surface area contributed by atoms with Crippen molar-refractivity contribution in [2.24, 2.45) is 0 Å². The second kappa shape index (κ2) is 11.2. The Bertz CT molecular complexity index is 1380. The maximum atomic E-state index is 13.1. The number of carbonyl (C=O) groups is 2. The fraction of sp³-hybridized carbons (Fsp3) is 0.214. The predicted molar refractivity (Wildman–Crippen MR) is 140 cm³/mol. The third-order valence-electron chi connectivity index (χ3n) is 6.03. The van der Waals surface area contributed by atoms with Gasteiger partial charge < -0.3 is 19.9 Å². The number of ether oxygens (including phenoxy) is 1. The number of hydrogen-bond donors (Lipinski definition) is 2. The summed E-state index contributed by atoms with van der Waals surface area (Å²) in [5.74, 6) is 0.238. The van der Waals surface area contributed by atoms with Crippen LogP contribution in [-0.4, -0.2) is 59.7 Å². The zero-order chi connectivity index (χ0) is 25.6. The molecule has 0 radical (unpaired) electrons. The Hall–Kier alpha value is -4.34. The van der Waals surface area contributed by atoms with E-state index in [0.717, 1.165) is 11.1 Å². The Morgan fingerprint density at radius 2 is 1.65 bits per heavy atom. The van der Waals surface area contributed by atoms with E-state index in [2.05, 4.69) is 20.8 Å². The summed E-state index contributed by atoms with van der Waals surface area (Å²) in [6.45, 7) is 4.51. The van der Waals surface area contributed by atoms with Crippen LogP contribution in [0.5, 0.6) is 0 Å². The number of rotatable bonds is 7. The van der Waals surface area contributed by atoms with Crippen LogP contribution in [0.25, 0.3) is 22.6 Å². The van der Waals surface area contributed by atoms with Gasteiger partial charge in [0.2, 0.25) is 5.91 Å². The van der Waals surface area contributed by atoms with Gasteiger partial charge in [0.1, 0.15) is 0 Å². The number of anilines is 2. The quantitative estimate of drug-likeness (QED) is 0.393. The van der Waals surface area contributed by atoms with E-state index in [1.807, 2.05) is 59.5 Å². The largest absolute Gasteiger partial charge is 0.379 e. The monoisotopic (exact) mass is 497 g/mol. The van der Waals surface area contributed by atoms with Crippen molar-refractivity contribution in [1.82, 2.24) is 15.0 Å². The molecule has 188 valence electrons. The van der Waals surface area contributed by atoms with E-state index >= 15 is 0 Å². The molecule has 0 aliphatic carbocycles. The first-order valence-electron chi connectivity index (χ1n) is 12.1. The molecule has 5 rings (SSSR count). The number of benzene rings is 3. The zero-order valence-corrected chi connectivity index (χ0v) is 20.4. The molecule has 0 atom stereocenters. The number of amides is 2. The molecule has 1 aliphatic heterocycles. The normalized spacial score (nSPS) is 13.8. The van der Waals surface area contributed by atoms with Crippen LogP contribution in [0, 0.1) is 6.92 Å². The van der Waals surface area contributed by atoms with E-state index in [-0.39, 0.29) is 24.2 Å². The molecule has 3 aromatic carbocycles. The molecule has 2 amide bonds. The second-order valence-corrected chi connectivity index (χ2v) is 8.74. The molecule has 1 saturated heterocycles. The van der Waals surface area contributed by atoms with Crippen molar-refractivity contribution < 1.29 is 18.8 Å². The lowest BCUT2D eigenvalue weighted by molar-refractivity contribution is -0.118. The highest BCUT2D eigenvalue weighted by molar-refractivity contribution is 6.06. The first-order chi connectivity index (χ1) is 18.0. The predicted octanol–water partition coefficient (Wildman–Crippen LogP) is 4.24. The lowest BCUT2D eigenvalue weighted by Gasteiger charge is -2.25. The molecular weight excluding hydrogens is 470 g/mol. The van der Waals surface area contributed by atoms with Crippen LogP contribution in [0.4, 0.5) is 11.4 Å². The Morgan fingerprint density at radius 1 is 0.919 bits per heavy atom.